The first-order valence-electron chi connectivity index (χ1n) is 8.37. The number of hydrogen-bond donors (Lipinski definition) is 0. The molecule has 0 aromatic rings. The smallest absolute Gasteiger partial charge is 0.309 e. The molecule has 0 amide bonds. The van der Waals surface area contributed by atoms with Crippen molar-refractivity contribution in [3.8, 4) is 0 Å². The van der Waals surface area contributed by atoms with E-state index in [1.807, 2.05) is 6.92 Å². The van der Waals surface area contributed by atoms with Crippen molar-refractivity contribution in [3.63, 3.8) is 0 Å². The van der Waals surface area contributed by atoms with Crippen LogP contribution in [0.25, 0.3) is 0 Å². The zero-order chi connectivity index (χ0) is 14.4. The molecule has 2 heterocycles. The average Bonchev–Trinajstić information content (AvgIpc) is 2.53. The molecule has 0 saturated carbocycles. The molecule has 2 rings (SSSR count). The van der Waals surface area contributed by atoms with Crippen LogP contribution in [0.15, 0.2) is 0 Å². The number of esters is 1. The molecule has 2 saturated heterocycles. The molecule has 0 aliphatic carbocycles. The summed E-state index contributed by atoms with van der Waals surface area (Å²) in [5.74, 6) is 0.181. The fourth-order valence-electron chi connectivity index (χ4n) is 3.42. The minimum atomic E-state index is 0.0345. The number of rotatable bonds is 5. The van der Waals surface area contributed by atoms with Gasteiger partial charge in [-0.3, -0.25) is 4.79 Å². The third kappa shape index (κ3) is 4.19. The highest BCUT2D eigenvalue weighted by molar-refractivity contribution is 5.72. The largest absolute Gasteiger partial charge is 0.465 e. The van der Waals surface area contributed by atoms with Crippen molar-refractivity contribution in [2.75, 3.05) is 39.3 Å². The lowest BCUT2D eigenvalue weighted by molar-refractivity contribution is -0.150. The Morgan fingerprint density at radius 1 is 1.05 bits per heavy atom. The Bertz CT molecular complexity index is 293. The first-order valence-corrected chi connectivity index (χ1v) is 8.37. The predicted molar refractivity (Wildman–Crippen MR) is 80.7 cm³/mol. The van der Waals surface area contributed by atoms with Crippen LogP contribution in [0, 0.1) is 5.92 Å². The summed E-state index contributed by atoms with van der Waals surface area (Å²) < 4.78 is 5.28. The van der Waals surface area contributed by atoms with Gasteiger partial charge in [-0.2, -0.15) is 0 Å². The Balaban J connectivity index is 1.70. The van der Waals surface area contributed by atoms with Gasteiger partial charge in [-0.1, -0.05) is 13.8 Å². The fourth-order valence-corrected chi connectivity index (χ4v) is 3.42. The van der Waals surface area contributed by atoms with Crippen LogP contribution in [0.2, 0.25) is 0 Å². The molecule has 0 unspecified atom stereocenters. The van der Waals surface area contributed by atoms with Gasteiger partial charge in [-0.05, 0) is 64.8 Å². The molecule has 2 aliphatic rings. The first kappa shape index (κ1) is 15.8. The first-order chi connectivity index (χ1) is 9.74. The minimum Gasteiger partial charge on any atom is -0.465 e. The van der Waals surface area contributed by atoms with E-state index in [1.165, 1.54) is 32.5 Å². The van der Waals surface area contributed by atoms with E-state index < -0.39 is 0 Å². The summed E-state index contributed by atoms with van der Waals surface area (Å²) in [6.07, 6.45) is 5.46. The Morgan fingerprint density at radius 3 is 2.25 bits per heavy atom. The molecule has 0 radical (unpaired) electrons. The van der Waals surface area contributed by atoms with Crippen molar-refractivity contribution >= 4 is 5.97 Å². The molecule has 0 spiro atoms. The van der Waals surface area contributed by atoms with Gasteiger partial charge in [-0.25, -0.2) is 0 Å². The molecule has 0 bridgehead atoms. The summed E-state index contributed by atoms with van der Waals surface area (Å²) in [5.41, 5.74) is 0. The zero-order valence-electron chi connectivity index (χ0n) is 13.1. The van der Waals surface area contributed by atoms with Crippen LogP contribution in [-0.2, 0) is 9.53 Å². The number of carbonyl (C=O) groups is 1. The molecule has 0 aromatic carbocycles. The summed E-state index contributed by atoms with van der Waals surface area (Å²) >= 11 is 0. The molecular weight excluding hydrogens is 252 g/mol. The zero-order valence-corrected chi connectivity index (χ0v) is 13.1. The quantitative estimate of drug-likeness (QED) is 0.723. The Morgan fingerprint density at radius 2 is 1.70 bits per heavy atom. The maximum Gasteiger partial charge on any atom is 0.309 e. The average molecular weight is 282 g/mol. The van der Waals surface area contributed by atoms with Gasteiger partial charge in [0.15, 0.2) is 0 Å². The van der Waals surface area contributed by atoms with Gasteiger partial charge in [0.2, 0.25) is 0 Å². The Labute approximate surface area is 123 Å². The summed E-state index contributed by atoms with van der Waals surface area (Å²) in [6, 6.07) is 0.741. The van der Waals surface area contributed by atoms with Crippen molar-refractivity contribution in [2.24, 2.45) is 5.92 Å². The molecule has 4 nitrogen and oxygen atoms in total. The van der Waals surface area contributed by atoms with E-state index in [9.17, 15) is 4.79 Å². The minimum absolute atomic E-state index is 0.0345. The lowest BCUT2D eigenvalue weighted by atomic mass is 9.93. The van der Waals surface area contributed by atoms with Gasteiger partial charge in [0, 0.05) is 6.04 Å². The van der Waals surface area contributed by atoms with Crippen LogP contribution in [0.4, 0.5) is 0 Å². The Kier molecular flexibility index (Phi) is 6.30. The van der Waals surface area contributed by atoms with E-state index in [0.717, 1.165) is 38.4 Å². The van der Waals surface area contributed by atoms with E-state index in [4.69, 9.17) is 4.74 Å². The van der Waals surface area contributed by atoms with E-state index in [2.05, 4.69) is 16.7 Å². The van der Waals surface area contributed by atoms with Crippen molar-refractivity contribution in [2.45, 2.75) is 52.0 Å². The SMILES string of the molecule is CCCOC(=O)C1CCN(C2CCN(CC)CC2)CC1. The van der Waals surface area contributed by atoms with E-state index >= 15 is 0 Å². The molecule has 4 heteroatoms. The van der Waals surface area contributed by atoms with E-state index in [0.29, 0.717) is 6.61 Å². The highest BCUT2D eigenvalue weighted by Gasteiger charge is 2.30. The van der Waals surface area contributed by atoms with Gasteiger partial charge < -0.3 is 14.5 Å². The topological polar surface area (TPSA) is 32.8 Å². The number of hydrogen-bond acceptors (Lipinski definition) is 4. The number of likely N-dealkylation sites (tertiary alicyclic amines) is 2. The van der Waals surface area contributed by atoms with Gasteiger partial charge in [0.05, 0.1) is 12.5 Å². The van der Waals surface area contributed by atoms with E-state index in [1.54, 1.807) is 0 Å². The van der Waals surface area contributed by atoms with Crippen molar-refractivity contribution < 1.29 is 9.53 Å². The van der Waals surface area contributed by atoms with Crippen molar-refractivity contribution in [3.05, 3.63) is 0 Å². The monoisotopic (exact) mass is 282 g/mol. The normalized spacial score (nSPS) is 23.9. The molecular formula is C16H30N2O2. The molecule has 0 atom stereocenters. The van der Waals surface area contributed by atoms with E-state index in [-0.39, 0.29) is 11.9 Å². The fraction of sp³-hybridized carbons (Fsp3) is 0.938. The number of carbonyl (C=O) groups excluding carboxylic acids is 1. The van der Waals surface area contributed by atoms with Crippen LogP contribution in [-0.4, -0.2) is 61.1 Å². The van der Waals surface area contributed by atoms with Gasteiger partial charge in [-0.15, -0.1) is 0 Å². The molecule has 116 valence electrons. The molecule has 2 fully saturated rings. The molecule has 20 heavy (non-hydrogen) atoms. The molecule has 2 aliphatic heterocycles. The second-order valence-electron chi connectivity index (χ2n) is 6.14. The second kappa shape index (κ2) is 7.99. The van der Waals surface area contributed by atoms with Crippen LogP contribution >= 0.6 is 0 Å². The van der Waals surface area contributed by atoms with Crippen LogP contribution in [0.5, 0.6) is 0 Å². The van der Waals surface area contributed by atoms with Gasteiger partial charge >= 0.3 is 5.97 Å². The van der Waals surface area contributed by atoms with Crippen molar-refractivity contribution in [1.29, 1.82) is 0 Å². The summed E-state index contributed by atoms with van der Waals surface area (Å²) in [6.45, 7) is 10.7. The lowest BCUT2D eigenvalue weighted by Crippen LogP contribution is -2.48. The number of nitrogens with zero attached hydrogens (tertiary/aromatic N) is 2. The predicted octanol–water partition coefficient (Wildman–Crippen LogP) is 2.14. The van der Waals surface area contributed by atoms with Crippen molar-refractivity contribution in [1.82, 2.24) is 9.80 Å². The van der Waals surface area contributed by atoms with Gasteiger partial charge in [0.1, 0.15) is 0 Å². The summed E-state index contributed by atoms with van der Waals surface area (Å²) in [7, 11) is 0. The lowest BCUT2D eigenvalue weighted by Gasteiger charge is -2.41. The Hall–Kier alpha value is -0.610. The van der Waals surface area contributed by atoms with Crippen LogP contribution in [0.3, 0.4) is 0 Å². The maximum atomic E-state index is 11.9. The summed E-state index contributed by atoms with van der Waals surface area (Å²) in [5, 5.41) is 0. The molecule has 0 aromatic heterocycles. The highest BCUT2D eigenvalue weighted by Crippen LogP contribution is 2.24. The molecule has 0 N–H and O–H groups in total. The van der Waals surface area contributed by atoms with Crippen LogP contribution < -0.4 is 0 Å². The van der Waals surface area contributed by atoms with Gasteiger partial charge in [0.25, 0.3) is 0 Å². The summed E-state index contributed by atoms with van der Waals surface area (Å²) in [4.78, 5) is 17.0. The third-order valence-electron chi connectivity index (χ3n) is 4.83. The standard InChI is InChI=1S/C16H30N2O2/c1-3-13-20-16(19)14-5-11-18(12-6-14)15-7-9-17(4-2)10-8-15/h14-15H,3-13H2,1-2H3. The second-order valence-corrected chi connectivity index (χ2v) is 6.14. The highest BCUT2D eigenvalue weighted by atomic mass is 16.5. The third-order valence-corrected chi connectivity index (χ3v) is 4.83. The number of ether oxygens (including phenoxy) is 1. The maximum absolute atomic E-state index is 11.9. The van der Waals surface area contributed by atoms with Crippen LogP contribution in [0.1, 0.15) is 46.0 Å². The number of piperidine rings is 2.